The minimum absolute atomic E-state index is 0.214. The number of fused-ring (bicyclic) bond motifs is 1. The molecule has 1 aromatic heterocycles. The summed E-state index contributed by atoms with van der Waals surface area (Å²) in [6, 6.07) is 6.77. The fourth-order valence-corrected chi connectivity index (χ4v) is 3.04. The first-order valence-electron chi connectivity index (χ1n) is 5.03. The van der Waals surface area contributed by atoms with Gasteiger partial charge in [-0.2, -0.15) is 0 Å². The summed E-state index contributed by atoms with van der Waals surface area (Å²) in [6.07, 6.45) is 3.21. The number of benzene rings is 1. The number of nitrogens with one attached hydrogen (secondary N) is 1. The van der Waals surface area contributed by atoms with E-state index in [-0.39, 0.29) is 17.3 Å². The normalized spacial score (nSPS) is 11.8. The second-order valence-corrected chi connectivity index (χ2v) is 5.55. The molecule has 1 N–H and O–H groups in total. The molecule has 0 amide bonds. The van der Waals surface area contributed by atoms with Crippen LogP contribution in [-0.2, 0) is 10.0 Å². The first-order chi connectivity index (χ1) is 8.15. The molecule has 0 fully saturated rings. The van der Waals surface area contributed by atoms with Crippen LogP contribution in [-0.4, -0.2) is 25.8 Å². The molecule has 2 rings (SSSR count). The van der Waals surface area contributed by atoms with E-state index in [1.807, 2.05) is 6.07 Å². The van der Waals surface area contributed by atoms with Crippen LogP contribution in [0.25, 0.3) is 10.8 Å². The molecule has 90 valence electrons. The van der Waals surface area contributed by atoms with Gasteiger partial charge in [0.2, 0.25) is 10.0 Å². The van der Waals surface area contributed by atoms with Crippen LogP contribution in [0.4, 0.5) is 0 Å². The number of alkyl halides is 1. The average molecular weight is 271 g/mol. The molecule has 1 aromatic carbocycles. The van der Waals surface area contributed by atoms with Crippen molar-refractivity contribution < 1.29 is 8.42 Å². The van der Waals surface area contributed by atoms with E-state index in [0.717, 1.165) is 5.39 Å². The number of hydrogen-bond acceptors (Lipinski definition) is 3. The minimum atomic E-state index is -3.51. The van der Waals surface area contributed by atoms with Gasteiger partial charge in [-0.3, -0.25) is 4.98 Å². The predicted molar refractivity (Wildman–Crippen MR) is 67.7 cm³/mol. The van der Waals surface area contributed by atoms with E-state index in [1.165, 1.54) is 0 Å². The monoisotopic (exact) mass is 270 g/mol. The van der Waals surface area contributed by atoms with Crippen molar-refractivity contribution in [2.45, 2.75) is 4.90 Å². The molecule has 0 aliphatic rings. The molecule has 0 aliphatic carbocycles. The van der Waals surface area contributed by atoms with Crippen LogP contribution < -0.4 is 4.72 Å². The molecular formula is C11H11ClN2O2S. The van der Waals surface area contributed by atoms with E-state index < -0.39 is 10.0 Å². The number of halogens is 1. The van der Waals surface area contributed by atoms with Gasteiger partial charge in [0.1, 0.15) is 0 Å². The SMILES string of the molecule is O=S(=O)(NCCCl)c1cccc2cnccc12. The van der Waals surface area contributed by atoms with Gasteiger partial charge < -0.3 is 0 Å². The van der Waals surface area contributed by atoms with Gasteiger partial charge in [0, 0.05) is 35.6 Å². The number of hydrogen-bond donors (Lipinski definition) is 1. The minimum Gasteiger partial charge on any atom is -0.264 e. The molecule has 1 heterocycles. The lowest BCUT2D eigenvalue weighted by Crippen LogP contribution is -2.25. The second-order valence-electron chi connectivity index (χ2n) is 3.44. The Hall–Kier alpha value is -1.17. The van der Waals surface area contributed by atoms with Crippen LogP contribution in [0.5, 0.6) is 0 Å². The van der Waals surface area contributed by atoms with Gasteiger partial charge in [0.05, 0.1) is 4.90 Å². The van der Waals surface area contributed by atoms with Crippen LogP contribution >= 0.6 is 11.6 Å². The summed E-state index contributed by atoms with van der Waals surface area (Å²) in [7, 11) is -3.51. The van der Waals surface area contributed by atoms with Crippen molar-refractivity contribution >= 4 is 32.4 Å². The van der Waals surface area contributed by atoms with Gasteiger partial charge in [-0.15, -0.1) is 11.6 Å². The molecule has 17 heavy (non-hydrogen) atoms. The summed E-state index contributed by atoms with van der Waals surface area (Å²) in [4.78, 5) is 4.21. The molecule has 2 aromatic rings. The quantitative estimate of drug-likeness (QED) is 0.861. The Morgan fingerprint density at radius 3 is 2.88 bits per heavy atom. The highest BCUT2D eigenvalue weighted by molar-refractivity contribution is 7.89. The zero-order valence-corrected chi connectivity index (χ0v) is 10.5. The Kier molecular flexibility index (Phi) is 3.61. The number of rotatable bonds is 4. The number of pyridine rings is 1. The molecule has 0 saturated carbocycles. The Bertz CT molecular complexity index is 623. The third-order valence-corrected chi connectivity index (χ3v) is 4.02. The van der Waals surface area contributed by atoms with Crippen LogP contribution in [0.3, 0.4) is 0 Å². The van der Waals surface area contributed by atoms with Gasteiger partial charge in [0.25, 0.3) is 0 Å². The lowest BCUT2D eigenvalue weighted by atomic mass is 10.2. The Balaban J connectivity index is 2.55. The number of nitrogens with zero attached hydrogens (tertiary/aromatic N) is 1. The van der Waals surface area contributed by atoms with Crippen molar-refractivity contribution in [2.75, 3.05) is 12.4 Å². The molecule has 0 unspecified atom stereocenters. The first-order valence-corrected chi connectivity index (χ1v) is 7.05. The van der Waals surface area contributed by atoms with Gasteiger partial charge in [-0.1, -0.05) is 12.1 Å². The van der Waals surface area contributed by atoms with Crippen LogP contribution in [0.1, 0.15) is 0 Å². The van der Waals surface area contributed by atoms with E-state index in [4.69, 9.17) is 11.6 Å². The first kappa shape index (κ1) is 12.3. The van der Waals surface area contributed by atoms with Gasteiger partial charge in [0.15, 0.2) is 0 Å². The summed E-state index contributed by atoms with van der Waals surface area (Å²) in [6.45, 7) is 0.214. The maximum absolute atomic E-state index is 12.0. The highest BCUT2D eigenvalue weighted by atomic mass is 35.5. The summed E-state index contributed by atoms with van der Waals surface area (Å²) in [5, 5.41) is 1.45. The highest BCUT2D eigenvalue weighted by Crippen LogP contribution is 2.21. The van der Waals surface area contributed by atoms with Crippen molar-refractivity contribution in [3.05, 3.63) is 36.7 Å². The predicted octanol–water partition coefficient (Wildman–Crippen LogP) is 1.75. The lowest BCUT2D eigenvalue weighted by molar-refractivity contribution is 0.585. The molecule has 4 nitrogen and oxygen atoms in total. The van der Waals surface area contributed by atoms with E-state index in [9.17, 15) is 8.42 Å². The Morgan fingerprint density at radius 2 is 2.12 bits per heavy atom. The second kappa shape index (κ2) is 5.00. The van der Waals surface area contributed by atoms with Crippen LogP contribution in [0.15, 0.2) is 41.6 Å². The van der Waals surface area contributed by atoms with E-state index in [2.05, 4.69) is 9.71 Å². The summed E-state index contributed by atoms with van der Waals surface area (Å²) in [5.74, 6) is 0.242. The molecule has 6 heteroatoms. The molecular weight excluding hydrogens is 260 g/mol. The van der Waals surface area contributed by atoms with Crippen LogP contribution in [0.2, 0.25) is 0 Å². The lowest BCUT2D eigenvalue weighted by Gasteiger charge is -2.08. The smallest absolute Gasteiger partial charge is 0.241 e. The van der Waals surface area contributed by atoms with E-state index >= 15 is 0 Å². The average Bonchev–Trinajstić information content (AvgIpc) is 2.36. The van der Waals surface area contributed by atoms with E-state index in [1.54, 1.807) is 30.6 Å². The summed E-state index contributed by atoms with van der Waals surface area (Å²) < 4.78 is 26.5. The van der Waals surface area contributed by atoms with E-state index in [0.29, 0.717) is 5.39 Å². The molecule has 0 atom stereocenters. The van der Waals surface area contributed by atoms with Crippen LogP contribution in [0, 0.1) is 0 Å². The Labute approximate surface area is 105 Å². The van der Waals surface area contributed by atoms with Gasteiger partial charge >= 0.3 is 0 Å². The fraction of sp³-hybridized carbons (Fsp3) is 0.182. The van der Waals surface area contributed by atoms with Crippen molar-refractivity contribution in [1.82, 2.24) is 9.71 Å². The molecule has 0 aliphatic heterocycles. The fourth-order valence-electron chi connectivity index (χ4n) is 1.58. The number of aromatic nitrogens is 1. The zero-order chi connectivity index (χ0) is 12.3. The number of sulfonamides is 1. The molecule has 0 spiro atoms. The largest absolute Gasteiger partial charge is 0.264 e. The van der Waals surface area contributed by atoms with Gasteiger partial charge in [-0.05, 0) is 12.1 Å². The molecule has 0 saturated heterocycles. The zero-order valence-electron chi connectivity index (χ0n) is 8.93. The highest BCUT2D eigenvalue weighted by Gasteiger charge is 2.15. The maximum Gasteiger partial charge on any atom is 0.241 e. The standard InChI is InChI=1S/C11H11ClN2O2S/c12-5-7-14-17(15,16)11-3-1-2-9-8-13-6-4-10(9)11/h1-4,6,8,14H,5,7H2. The Morgan fingerprint density at radius 1 is 1.29 bits per heavy atom. The van der Waals surface area contributed by atoms with Crippen molar-refractivity contribution in [1.29, 1.82) is 0 Å². The van der Waals surface area contributed by atoms with Crippen molar-refractivity contribution in [3.63, 3.8) is 0 Å². The van der Waals surface area contributed by atoms with Crippen molar-refractivity contribution in [2.24, 2.45) is 0 Å². The summed E-state index contributed by atoms with van der Waals surface area (Å²) in [5.41, 5.74) is 0. The third-order valence-electron chi connectivity index (χ3n) is 2.32. The van der Waals surface area contributed by atoms with Gasteiger partial charge in [-0.25, -0.2) is 13.1 Å². The third kappa shape index (κ3) is 2.57. The molecule has 0 bridgehead atoms. The topological polar surface area (TPSA) is 59.1 Å². The molecule has 0 radical (unpaired) electrons. The summed E-state index contributed by atoms with van der Waals surface area (Å²) >= 11 is 5.48. The maximum atomic E-state index is 12.0. The van der Waals surface area contributed by atoms with Crippen molar-refractivity contribution in [3.8, 4) is 0 Å².